The first-order valence-electron chi connectivity index (χ1n) is 6.07. The van der Waals surface area contributed by atoms with Gasteiger partial charge in [-0.15, -0.1) is 0 Å². The van der Waals surface area contributed by atoms with E-state index in [0.717, 1.165) is 5.56 Å². The SMILES string of the molecule is COc1ccc(-c2ccc(CC#N)c(OC)c2)c(F)c1. The van der Waals surface area contributed by atoms with Crippen LogP contribution in [0.4, 0.5) is 4.39 Å². The van der Waals surface area contributed by atoms with Gasteiger partial charge in [0.05, 0.1) is 26.7 Å². The Hall–Kier alpha value is -2.54. The first-order valence-corrected chi connectivity index (χ1v) is 6.07. The van der Waals surface area contributed by atoms with Gasteiger partial charge in [-0.25, -0.2) is 4.39 Å². The van der Waals surface area contributed by atoms with Crippen LogP contribution >= 0.6 is 0 Å². The lowest BCUT2D eigenvalue weighted by Crippen LogP contribution is -1.93. The monoisotopic (exact) mass is 271 g/mol. The fourth-order valence-corrected chi connectivity index (χ4v) is 2.00. The zero-order chi connectivity index (χ0) is 14.5. The molecule has 4 heteroatoms. The first-order chi connectivity index (χ1) is 9.69. The number of methoxy groups -OCH3 is 2. The van der Waals surface area contributed by atoms with Crippen LogP contribution in [0.5, 0.6) is 11.5 Å². The van der Waals surface area contributed by atoms with Gasteiger partial charge in [-0.3, -0.25) is 0 Å². The summed E-state index contributed by atoms with van der Waals surface area (Å²) in [6, 6.07) is 12.1. The fraction of sp³-hybridized carbons (Fsp3) is 0.188. The third-order valence-corrected chi connectivity index (χ3v) is 3.04. The molecule has 0 atom stereocenters. The average Bonchev–Trinajstić information content (AvgIpc) is 2.48. The molecular formula is C16H14FNO2. The molecule has 102 valence electrons. The van der Waals surface area contributed by atoms with Crippen LogP contribution < -0.4 is 9.47 Å². The van der Waals surface area contributed by atoms with Crippen molar-refractivity contribution in [3.05, 3.63) is 47.8 Å². The largest absolute Gasteiger partial charge is 0.497 e. The molecule has 0 bridgehead atoms. The summed E-state index contributed by atoms with van der Waals surface area (Å²) >= 11 is 0. The smallest absolute Gasteiger partial charge is 0.134 e. The molecule has 0 heterocycles. The van der Waals surface area contributed by atoms with E-state index in [4.69, 9.17) is 14.7 Å². The van der Waals surface area contributed by atoms with E-state index in [0.29, 0.717) is 22.6 Å². The molecule has 0 N–H and O–H groups in total. The molecule has 2 aromatic rings. The van der Waals surface area contributed by atoms with E-state index >= 15 is 0 Å². The lowest BCUT2D eigenvalue weighted by molar-refractivity contribution is 0.410. The van der Waals surface area contributed by atoms with E-state index in [-0.39, 0.29) is 12.2 Å². The van der Waals surface area contributed by atoms with Crippen LogP contribution in [0.1, 0.15) is 5.56 Å². The third-order valence-electron chi connectivity index (χ3n) is 3.04. The summed E-state index contributed by atoms with van der Waals surface area (Å²) in [6.07, 6.45) is 0.258. The second kappa shape index (κ2) is 6.07. The van der Waals surface area contributed by atoms with Crippen LogP contribution in [0, 0.1) is 17.1 Å². The molecule has 0 fully saturated rings. The minimum atomic E-state index is -0.362. The van der Waals surface area contributed by atoms with E-state index in [9.17, 15) is 4.39 Å². The Labute approximate surface area is 117 Å². The molecular weight excluding hydrogens is 257 g/mol. The van der Waals surface area contributed by atoms with Gasteiger partial charge < -0.3 is 9.47 Å². The van der Waals surface area contributed by atoms with Gasteiger partial charge in [-0.1, -0.05) is 12.1 Å². The normalized spacial score (nSPS) is 9.90. The second-order valence-corrected chi connectivity index (χ2v) is 4.21. The topological polar surface area (TPSA) is 42.2 Å². The predicted molar refractivity (Wildman–Crippen MR) is 74.3 cm³/mol. The highest BCUT2D eigenvalue weighted by Crippen LogP contribution is 2.30. The third kappa shape index (κ3) is 2.72. The molecule has 0 aromatic heterocycles. The zero-order valence-electron chi connectivity index (χ0n) is 11.3. The van der Waals surface area contributed by atoms with Crippen LogP contribution in [0.3, 0.4) is 0 Å². The molecule has 2 rings (SSSR count). The van der Waals surface area contributed by atoms with Crippen molar-refractivity contribution < 1.29 is 13.9 Å². The predicted octanol–water partition coefficient (Wildman–Crippen LogP) is 3.58. The van der Waals surface area contributed by atoms with Crippen molar-refractivity contribution in [2.45, 2.75) is 6.42 Å². The molecule has 3 nitrogen and oxygen atoms in total. The molecule has 0 radical (unpaired) electrons. The van der Waals surface area contributed by atoms with E-state index in [1.54, 1.807) is 30.3 Å². The summed E-state index contributed by atoms with van der Waals surface area (Å²) in [5, 5.41) is 8.75. The summed E-state index contributed by atoms with van der Waals surface area (Å²) in [6.45, 7) is 0. The number of hydrogen-bond acceptors (Lipinski definition) is 3. The Morgan fingerprint density at radius 2 is 1.90 bits per heavy atom. The van der Waals surface area contributed by atoms with Crippen LogP contribution in [0.25, 0.3) is 11.1 Å². The Morgan fingerprint density at radius 1 is 1.10 bits per heavy atom. The van der Waals surface area contributed by atoms with Crippen LogP contribution in [0.2, 0.25) is 0 Å². The van der Waals surface area contributed by atoms with Gasteiger partial charge in [-0.2, -0.15) is 5.26 Å². The van der Waals surface area contributed by atoms with Gasteiger partial charge in [0.1, 0.15) is 17.3 Å². The molecule has 0 spiro atoms. The summed E-state index contributed by atoms with van der Waals surface area (Å²) in [5.74, 6) is 0.693. The van der Waals surface area contributed by atoms with Crippen LogP contribution in [0.15, 0.2) is 36.4 Å². The molecule has 0 aliphatic heterocycles. The minimum absolute atomic E-state index is 0.258. The summed E-state index contributed by atoms with van der Waals surface area (Å²) < 4.78 is 24.3. The molecule has 20 heavy (non-hydrogen) atoms. The Bertz CT molecular complexity index is 662. The Morgan fingerprint density at radius 3 is 2.50 bits per heavy atom. The van der Waals surface area contributed by atoms with Crippen molar-refractivity contribution in [3.63, 3.8) is 0 Å². The first kappa shape index (κ1) is 13.9. The van der Waals surface area contributed by atoms with Gasteiger partial charge in [0.25, 0.3) is 0 Å². The maximum absolute atomic E-state index is 14.0. The number of halogens is 1. The molecule has 0 saturated carbocycles. The quantitative estimate of drug-likeness (QED) is 0.853. The van der Waals surface area contributed by atoms with Crippen LogP contribution in [-0.2, 0) is 6.42 Å². The van der Waals surface area contributed by atoms with Crippen molar-refractivity contribution in [2.75, 3.05) is 14.2 Å². The van der Waals surface area contributed by atoms with Gasteiger partial charge >= 0.3 is 0 Å². The maximum atomic E-state index is 14.0. The highest BCUT2D eigenvalue weighted by Gasteiger charge is 2.10. The van der Waals surface area contributed by atoms with Gasteiger partial charge in [0.2, 0.25) is 0 Å². The second-order valence-electron chi connectivity index (χ2n) is 4.21. The van der Waals surface area contributed by atoms with Crippen molar-refractivity contribution in [1.82, 2.24) is 0 Å². The average molecular weight is 271 g/mol. The fourth-order valence-electron chi connectivity index (χ4n) is 2.00. The molecule has 0 unspecified atom stereocenters. The number of hydrogen-bond donors (Lipinski definition) is 0. The number of nitriles is 1. The summed E-state index contributed by atoms with van der Waals surface area (Å²) in [7, 11) is 3.03. The van der Waals surface area contributed by atoms with Crippen LogP contribution in [-0.4, -0.2) is 14.2 Å². The van der Waals surface area contributed by atoms with E-state index < -0.39 is 0 Å². The minimum Gasteiger partial charge on any atom is -0.497 e. The van der Waals surface area contributed by atoms with E-state index in [2.05, 4.69) is 6.07 Å². The number of nitrogens with zero attached hydrogens (tertiary/aromatic N) is 1. The lowest BCUT2D eigenvalue weighted by Gasteiger charge is -2.10. The van der Waals surface area contributed by atoms with E-state index in [1.165, 1.54) is 20.3 Å². The zero-order valence-corrected chi connectivity index (χ0v) is 11.3. The van der Waals surface area contributed by atoms with Crippen molar-refractivity contribution >= 4 is 0 Å². The number of benzene rings is 2. The van der Waals surface area contributed by atoms with Crippen molar-refractivity contribution in [1.29, 1.82) is 5.26 Å². The van der Waals surface area contributed by atoms with E-state index in [1.807, 2.05) is 0 Å². The Kier molecular flexibility index (Phi) is 4.21. The van der Waals surface area contributed by atoms with Gasteiger partial charge in [0, 0.05) is 17.2 Å². The van der Waals surface area contributed by atoms with Gasteiger partial charge in [0.15, 0.2) is 0 Å². The molecule has 0 aliphatic carbocycles. The van der Waals surface area contributed by atoms with Gasteiger partial charge in [-0.05, 0) is 23.8 Å². The number of ether oxygens (including phenoxy) is 2. The molecule has 2 aromatic carbocycles. The highest BCUT2D eigenvalue weighted by atomic mass is 19.1. The standard InChI is InChI=1S/C16H14FNO2/c1-19-13-5-6-14(15(17)10-13)12-4-3-11(7-8-18)16(9-12)20-2/h3-6,9-10H,7H2,1-2H3. The maximum Gasteiger partial charge on any atom is 0.134 e. The summed E-state index contributed by atoms with van der Waals surface area (Å²) in [4.78, 5) is 0. The molecule has 0 aliphatic rings. The van der Waals surface area contributed by atoms with Crippen molar-refractivity contribution in [2.24, 2.45) is 0 Å². The highest BCUT2D eigenvalue weighted by molar-refractivity contribution is 5.67. The number of rotatable bonds is 4. The molecule has 0 amide bonds. The Balaban J connectivity index is 2.46. The summed E-state index contributed by atoms with van der Waals surface area (Å²) in [5.41, 5.74) is 1.95. The van der Waals surface area contributed by atoms with Crippen molar-refractivity contribution in [3.8, 4) is 28.7 Å². The molecule has 0 saturated heterocycles. The lowest BCUT2D eigenvalue weighted by atomic mass is 10.0.